The van der Waals surface area contributed by atoms with Crippen molar-refractivity contribution in [1.82, 2.24) is 34.8 Å². The number of aromatic nitrogens is 6. The van der Waals surface area contributed by atoms with Crippen LogP contribution in [-0.2, 0) is 13.1 Å². The smallest absolute Gasteiger partial charge is 0.319 e. The molecule has 0 fully saturated rings. The van der Waals surface area contributed by atoms with E-state index in [1.807, 2.05) is 38.1 Å². The van der Waals surface area contributed by atoms with Crippen LogP contribution in [0.4, 0.5) is 10.5 Å². The molecule has 0 aliphatic carbocycles. The number of urea groups is 1. The van der Waals surface area contributed by atoms with Crippen LogP contribution in [0.3, 0.4) is 0 Å². The third kappa shape index (κ3) is 4.19. The van der Waals surface area contributed by atoms with E-state index in [0.717, 1.165) is 11.4 Å². The van der Waals surface area contributed by atoms with Crippen LogP contribution < -0.4 is 10.6 Å². The molecule has 0 saturated carbocycles. The van der Waals surface area contributed by atoms with Crippen LogP contribution in [0.2, 0.25) is 0 Å². The molecule has 0 radical (unpaired) electrons. The molecule has 9 nitrogen and oxygen atoms in total. The number of benzene rings is 1. The van der Waals surface area contributed by atoms with Crippen LogP contribution in [0.15, 0.2) is 43.2 Å². The highest BCUT2D eigenvalue weighted by Crippen LogP contribution is 2.13. The maximum atomic E-state index is 12.2. The van der Waals surface area contributed by atoms with E-state index >= 15 is 0 Å². The van der Waals surface area contributed by atoms with Gasteiger partial charge in [-0.15, -0.1) is 0 Å². The second kappa shape index (κ2) is 7.56. The number of hydrogen-bond acceptors (Lipinski definition) is 5. The molecular weight excluding hydrogens is 320 g/mol. The second-order valence-electron chi connectivity index (χ2n) is 5.55. The lowest BCUT2D eigenvalue weighted by Gasteiger charge is -2.15. The summed E-state index contributed by atoms with van der Waals surface area (Å²) < 4.78 is 3.47. The van der Waals surface area contributed by atoms with Crippen molar-refractivity contribution >= 4 is 11.7 Å². The Kier molecular flexibility index (Phi) is 5.03. The summed E-state index contributed by atoms with van der Waals surface area (Å²) >= 11 is 0. The Morgan fingerprint density at radius 2 is 2.16 bits per heavy atom. The Morgan fingerprint density at radius 1 is 1.28 bits per heavy atom. The fraction of sp³-hybridized carbons (Fsp3) is 0.312. The summed E-state index contributed by atoms with van der Waals surface area (Å²) in [5, 5.41) is 13.9. The number of nitrogens with zero attached hydrogens (tertiary/aromatic N) is 6. The number of aryl methyl sites for hydroxylation is 1. The van der Waals surface area contributed by atoms with Crippen molar-refractivity contribution in [3.8, 4) is 0 Å². The SMILES string of the molecule is CCn1ncnc1C(C)NC(=O)Nc1cccc(Cn2cncn2)c1. The van der Waals surface area contributed by atoms with Gasteiger partial charge in [0.25, 0.3) is 0 Å². The van der Waals surface area contributed by atoms with Crippen molar-refractivity contribution in [2.24, 2.45) is 0 Å². The van der Waals surface area contributed by atoms with E-state index < -0.39 is 0 Å². The number of carbonyl (C=O) groups is 1. The fourth-order valence-corrected chi connectivity index (χ4v) is 2.53. The molecule has 25 heavy (non-hydrogen) atoms. The van der Waals surface area contributed by atoms with Gasteiger partial charge in [-0.2, -0.15) is 10.2 Å². The van der Waals surface area contributed by atoms with Crippen molar-refractivity contribution in [2.75, 3.05) is 5.32 Å². The Hall–Kier alpha value is -3.23. The molecule has 1 unspecified atom stereocenters. The molecule has 3 rings (SSSR count). The summed E-state index contributed by atoms with van der Waals surface area (Å²) in [6.45, 7) is 5.14. The average Bonchev–Trinajstić information content (AvgIpc) is 3.26. The van der Waals surface area contributed by atoms with E-state index in [-0.39, 0.29) is 12.1 Å². The molecule has 0 spiro atoms. The highest BCUT2D eigenvalue weighted by atomic mass is 16.2. The van der Waals surface area contributed by atoms with Gasteiger partial charge in [-0.25, -0.2) is 24.1 Å². The van der Waals surface area contributed by atoms with Crippen molar-refractivity contribution < 1.29 is 4.79 Å². The third-order valence-electron chi connectivity index (χ3n) is 3.68. The zero-order valence-corrected chi connectivity index (χ0v) is 14.1. The topological polar surface area (TPSA) is 103 Å². The quantitative estimate of drug-likeness (QED) is 0.712. The fourth-order valence-electron chi connectivity index (χ4n) is 2.53. The average molecular weight is 340 g/mol. The number of hydrogen-bond donors (Lipinski definition) is 2. The third-order valence-corrected chi connectivity index (χ3v) is 3.68. The number of amides is 2. The molecule has 0 aliphatic rings. The predicted octanol–water partition coefficient (Wildman–Crippen LogP) is 1.82. The zero-order valence-electron chi connectivity index (χ0n) is 14.1. The van der Waals surface area contributed by atoms with E-state index in [0.29, 0.717) is 18.8 Å². The van der Waals surface area contributed by atoms with Gasteiger partial charge in [0.1, 0.15) is 24.8 Å². The highest BCUT2D eigenvalue weighted by molar-refractivity contribution is 5.89. The minimum atomic E-state index is -0.295. The maximum absolute atomic E-state index is 12.2. The second-order valence-corrected chi connectivity index (χ2v) is 5.55. The van der Waals surface area contributed by atoms with Crippen LogP contribution in [-0.4, -0.2) is 35.6 Å². The molecule has 2 aromatic heterocycles. The molecule has 2 N–H and O–H groups in total. The molecule has 130 valence electrons. The summed E-state index contributed by atoms with van der Waals surface area (Å²) in [6.07, 6.45) is 4.63. The maximum Gasteiger partial charge on any atom is 0.319 e. The summed E-state index contributed by atoms with van der Waals surface area (Å²) in [4.78, 5) is 20.4. The van der Waals surface area contributed by atoms with Gasteiger partial charge in [-0.1, -0.05) is 12.1 Å². The lowest BCUT2D eigenvalue weighted by Crippen LogP contribution is -2.32. The largest absolute Gasteiger partial charge is 0.328 e. The first-order valence-electron chi connectivity index (χ1n) is 8.02. The summed E-state index contributed by atoms with van der Waals surface area (Å²) in [6, 6.07) is 7.05. The number of carbonyl (C=O) groups excluding carboxylic acids is 1. The Bertz CT molecular complexity index is 826. The normalized spacial score (nSPS) is 11.9. The summed E-state index contributed by atoms with van der Waals surface area (Å²) in [5.41, 5.74) is 1.72. The molecule has 1 aromatic carbocycles. The lowest BCUT2D eigenvalue weighted by molar-refractivity contribution is 0.248. The Labute approximate surface area is 145 Å². The summed E-state index contributed by atoms with van der Waals surface area (Å²) in [5.74, 6) is 0.720. The van der Waals surface area contributed by atoms with Crippen molar-refractivity contribution in [2.45, 2.75) is 33.0 Å². The standard InChI is InChI=1S/C16H20N8O/c1-3-24-15(18-10-20-24)12(2)21-16(25)22-14-6-4-5-13(7-14)8-23-11-17-9-19-23/h4-7,9-12H,3,8H2,1-2H3,(H2,21,22,25). The van der Waals surface area contributed by atoms with Gasteiger partial charge >= 0.3 is 6.03 Å². The van der Waals surface area contributed by atoms with Gasteiger partial charge in [0.05, 0.1) is 12.6 Å². The van der Waals surface area contributed by atoms with E-state index in [1.54, 1.807) is 15.7 Å². The number of rotatable bonds is 6. The molecule has 1 atom stereocenters. The Balaban J connectivity index is 1.61. The number of anilines is 1. The summed E-state index contributed by atoms with van der Waals surface area (Å²) in [7, 11) is 0. The molecule has 9 heteroatoms. The molecule has 2 heterocycles. The van der Waals surface area contributed by atoms with E-state index in [9.17, 15) is 4.79 Å². The molecule has 0 aliphatic heterocycles. The molecular formula is C16H20N8O. The van der Waals surface area contributed by atoms with Crippen molar-refractivity contribution in [1.29, 1.82) is 0 Å². The minimum absolute atomic E-state index is 0.249. The Morgan fingerprint density at radius 3 is 2.92 bits per heavy atom. The lowest BCUT2D eigenvalue weighted by atomic mass is 10.2. The van der Waals surface area contributed by atoms with Gasteiger partial charge in [0.15, 0.2) is 0 Å². The minimum Gasteiger partial charge on any atom is -0.328 e. The van der Waals surface area contributed by atoms with Crippen LogP contribution in [0.1, 0.15) is 31.3 Å². The van der Waals surface area contributed by atoms with Gasteiger partial charge < -0.3 is 10.6 Å². The first-order valence-corrected chi connectivity index (χ1v) is 8.02. The van der Waals surface area contributed by atoms with E-state index in [4.69, 9.17) is 0 Å². The van der Waals surface area contributed by atoms with Gasteiger partial charge in [0, 0.05) is 12.2 Å². The zero-order chi connectivity index (χ0) is 17.6. The van der Waals surface area contributed by atoms with Crippen molar-refractivity contribution in [3.05, 3.63) is 54.6 Å². The van der Waals surface area contributed by atoms with Crippen LogP contribution in [0.5, 0.6) is 0 Å². The predicted molar refractivity (Wildman–Crippen MR) is 91.8 cm³/mol. The van der Waals surface area contributed by atoms with Gasteiger partial charge in [-0.05, 0) is 31.5 Å². The molecule has 0 bridgehead atoms. The van der Waals surface area contributed by atoms with E-state index in [1.165, 1.54) is 12.7 Å². The molecule has 0 saturated heterocycles. The van der Waals surface area contributed by atoms with Crippen LogP contribution in [0, 0.1) is 0 Å². The number of nitrogens with one attached hydrogen (secondary N) is 2. The van der Waals surface area contributed by atoms with Gasteiger partial charge in [0.2, 0.25) is 0 Å². The molecule has 2 amide bonds. The van der Waals surface area contributed by atoms with Crippen LogP contribution >= 0.6 is 0 Å². The first-order chi connectivity index (χ1) is 12.2. The van der Waals surface area contributed by atoms with Crippen molar-refractivity contribution in [3.63, 3.8) is 0 Å². The van der Waals surface area contributed by atoms with Gasteiger partial charge in [-0.3, -0.25) is 0 Å². The van der Waals surface area contributed by atoms with E-state index in [2.05, 4.69) is 30.8 Å². The monoisotopic (exact) mass is 340 g/mol. The first kappa shape index (κ1) is 16.6. The highest BCUT2D eigenvalue weighted by Gasteiger charge is 2.15. The molecule has 3 aromatic rings. The van der Waals surface area contributed by atoms with Crippen LogP contribution in [0.25, 0.3) is 0 Å².